The molecule has 1 heteroatoms. The minimum absolute atomic E-state index is 0.903. The standard InChI is InChI=1S/C43H30O/c1-3-4-5-15-28(2)30-17-8-9-19-32(30)40-33-20-10-12-22-35(33)41(36-23-13-11-21-34(36)40)37-24-14-25-38-43(37)42-31-18-7-6-16-29(31)26-27-39(42)44-38/h3-27H,2H2,1H3/b4-3-,15-5-. The van der Waals surface area contributed by atoms with Gasteiger partial charge in [-0.15, -0.1) is 0 Å². The molecule has 0 bridgehead atoms. The van der Waals surface area contributed by atoms with Crippen molar-refractivity contribution in [1.82, 2.24) is 0 Å². The molecule has 1 heterocycles. The molecule has 0 aliphatic carbocycles. The topological polar surface area (TPSA) is 13.1 Å². The Morgan fingerprint density at radius 2 is 1.09 bits per heavy atom. The van der Waals surface area contributed by atoms with E-state index < -0.39 is 0 Å². The Morgan fingerprint density at radius 3 is 1.80 bits per heavy atom. The number of hydrogen-bond donors (Lipinski definition) is 0. The van der Waals surface area contributed by atoms with E-state index in [0.717, 1.165) is 27.7 Å². The molecule has 0 fully saturated rings. The minimum atomic E-state index is 0.903. The summed E-state index contributed by atoms with van der Waals surface area (Å²) >= 11 is 0. The predicted molar refractivity (Wildman–Crippen MR) is 190 cm³/mol. The maximum absolute atomic E-state index is 6.50. The van der Waals surface area contributed by atoms with Crippen LogP contribution in [-0.4, -0.2) is 0 Å². The molecule has 7 aromatic carbocycles. The van der Waals surface area contributed by atoms with Crippen LogP contribution in [0, 0.1) is 0 Å². The Labute approximate surface area is 256 Å². The Morgan fingerprint density at radius 1 is 0.523 bits per heavy atom. The van der Waals surface area contributed by atoms with Crippen LogP contribution in [0.2, 0.25) is 0 Å². The summed E-state index contributed by atoms with van der Waals surface area (Å²) in [6.45, 7) is 6.48. The van der Waals surface area contributed by atoms with E-state index in [4.69, 9.17) is 4.42 Å². The van der Waals surface area contributed by atoms with Gasteiger partial charge in [0.15, 0.2) is 0 Å². The molecule has 0 amide bonds. The molecule has 0 atom stereocenters. The molecule has 0 saturated carbocycles. The summed E-state index contributed by atoms with van der Waals surface area (Å²) in [6, 6.07) is 45.6. The van der Waals surface area contributed by atoms with E-state index in [1.807, 2.05) is 19.1 Å². The van der Waals surface area contributed by atoms with E-state index in [1.54, 1.807) is 0 Å². The molecule has 8 rings (SSSR count). The van der Waals surface area contributed by atoms with Crippen molar-refractivity contribution in [1.29, 1.82) is 0 Å². The van der Waals surface area contributed by atoms with Gasteiger partial charge in [0.25, 0.3) is 0 Å². The molecule has 0 unspecified atom stereocenters. The van der Waals surface area contributed by atoms with E-state index in [2.05, 4.69) is 146 Å². The smallest absolute Gasteiger partial charge is 0.136 e. The lowest BCUT2D eigenvalue weighted by molar-refractivity contribution is 0.669. The second-order valence-corrected chi connectivity index (χ2v) is 11.2. The van der Waals surface area contributed by atoms with Gasteiger partial charge < -0.3 is 4.42 Å². The van der Waals surface area contributed by atoms with E-state index in [1.165, 1.54) is 60.0 Å². The number of hydrogen-bond acceptors (Lipinski definition) is 1. The van der Waals surface area contributed by atoms with Crippen molar-refractivity contribution in [3.63, 3.8) is 0 Å². The quantitative estimate of drug-likeness (QED) is 0.150. The highest BCUT2D eigenvalue weighted by atomic mass is 16.3. The number of rotatable bonds is 5. The van der Waals surface area contributed by atoms with Crippen molar-refractivity contribution >= 4 is 59.8 Å². The average Bonchev–Trinajstić information content (AvgIpc) is 3.47. The van der Waals surface area contributed by atoms with Gasteiger partial charge >= 0.3 is 0 Å². The lowest BCUT2D eigenvalue weighted by atomic mass is 9.83. The van der Waals surface area contributed by atoms with E-state index >= 15 is 0 Å². The fraction of sp³-hybridized carbons (Fsp3) is 0.0233. The predicted octanol–water partition coefficient (Wildman–Crippen LogP) is 12.5. The fourth-order valence-electron chi connectivity index (χ4n) is 6.86. The van der Waals surface area contributed by atoms with Crippen molar-refractivity contribution in [3.8, 4) is 22.3 Å². The first-order valence-electron chi connectivity index (χ1n) is 15.1. The molecule has 0 saturated heterocycles. The van der Waals surface area contributed by atoms with Gasteiger partial charge in [0.2, 0.25) is 0 Å². The molecule has 0 N–H and O–H groups in total. The van der Waals surface area contributed by atoms with Gasteiger partial charge in [0.1, 0.15) is 11.2 Å². The Balaban J connectivity index is 1.51. The highest BCUT2D eigenvalue weighted by Crippen LogP contribution is 2.48. The van der Waals surface area contributed by atoms with Gasteiger partial charge in [-0.1, -0.05) is 146 Å². The normalized spacial score (nSPS) is 12.1. The zero-order valence-corrected chi connectivity index (χ0v) is 24.5. The summed E-state index contributed by atoms with van der Waals surface area (Å²) in [5.74, 6) is 0. The Bertz CT molecular complexity index is 2410. The zero-order chi connectivity index (χ0) is 29.6. The van der Waals surface area contributed by atoms with Crippen LogP contribution in [0.5, 0.6) is 0 Å². The summed E-state index contributed by atoms with van der Waals surface area (Å²) < 4.78 is 6.50. The third kappa shape index (κ3) is 4.01. The van der Waals surface area contributed by atoms with Crippen molar-refractivity contribution in [2.24, 2.45) is 0 Å². The number of allylic oxidation sites excluding steroid dienone is 5. The van der Waals surface area contributed by atoms with E-state index in [9.17, 15) is 0 Å². The van der Waals surface area contributed by atoms with E-state index in [0.29, 0.717) is 0 Å². The molecule has 208 valence electrons. The summed E-state index contributed by atoms with van der Waals surface area (Å²) in [4.78, 5) is 0. The van der Waals surface area contributed by atoms with Crippen LogP contribution < -0.4 is 0 Å². The van der Waals surface area contributed by atoms with Crippen LogP contribution in [0.25, 0.3) is 82.1 Å². The van der Waals surface area contributed by atoms with Crippen molar-refractivity contribution in [2.45, 2.75) is 6.92 Å². The molecule has 8 aromatic rings. The minimum Gasteiger partial charge on any atom is -0.456 e. The third-order valence-corrected chi connectivity index (χ3v) is 8.73. The Hall–Kier alpha value is -5.66. The SMILES string of the molecule is C=C(/C=C\C=C/C)c1ccccc1-c1c2ccccc2c(-c2cccc3oc4ccc5ccccc5c4c23)c2ccccc12. The van der Waals surface area contributed by atoms with Gasteiger partial charge in [-0.3, -0.25) is 0 Å². The highest BCUT2D eigenvalue weighted by Gasteiger charge is 2.22. The summed E-state index contributed by atoms with van der Waals surface area (Å²) in [5.41, 5.74) is 8.75. The number of fused-ring (bicyclic) bond motifs is 7. The second-order valence-electron chi connectivity index (χ2n) is 11.2. The summed E-state index contributed by atoms with van der Waals surface area (Å²) in [6.07, 6.45) is 8.21. The third-order valence-electron chi connectivity index (χ3n) is 8.73. The van der Waals surface area contributed by atoms with Gasteiger partial charge in [0, 0.05) is 10.8 Å². The summed E-state index contributed by atoms with van der Waals surface area (Å²) in [5, 5.41) is 9.61. The van der Waals surface area contributed by atoms with Crippen LogP contribution in [0.4, 0.5) is 0 Å². The number of benzene rings is 7. The Kier molecular flexibility index (Phi) is 6.24. The van der Waals surface area contributed by atoms with Crippen LogP contribution in [0.15, 0.2) is 163 Å². The monoisotopic (exact) mass is 562 g/mol. The first kappa shape index (κ1) is 26.0. The largest absolute Gasteiger partial charge is 0.456 e. The zero-order valence-electron chi connectivity index (χ0n) is 24.5. The molecule has 0 radical (unpaired) electrons. The molecule has 1 aromatic heterocycles. The second kappa shape index (κ2) is 10.6. The molecule has 0 spiro atoms. The van der Waals surface area contributed by atoms with Crippen LogP contribution >= 0.6 is 0 Å². The first-order valence-corrected chi connectivity index (χ1v) is 15.1. The lowest BCUT2D eigenvalue weighted by Crippen LogP contribution is -1.94. The maximum atomic E-state index is 6.50. The molecule has 0 aliphatic rings. The van der Waals surface area contributed by atoms with Gasteiger partial charge in [-0.05, 0) is 84.8 Å². The average molecular weight is 563 g/mol. The number of furan rings is 1. The van der Waals surface area contributed by atoms with E-state index in [-0.39, 0.29) is 0 Å². The van der Waals surface area contributed by atoms with Gasteiger partial charge in [-0.2, -0.15) is 0 Å². The van der Waals surface area contributed by atoms with Crippen molar-refractivity contribution in [2.75, 3.05) is 0 Å². The lowest BCUT2D eigenvalue weighted by Gasteiger charge is -2.20. The molecule has 44 heavy (non-hydrogen) atoms. The highest BCUT2D eigenvalue weighted by molar-refractivity contribution is 6.28. The first-order chi connectivity index (χ1) is 21.7. The van der Waals surface area contributed by atoms with Gasteiger partial charge in [0.05, 0.1) is 0 Å². The van der Waals surface area contributed by atoms with Crippen LogP contribution in [0.3, 0.4) is 0 Å². The van der Waals surface area contributed by atoms with Crippen LogP contribution in [-0.2, 0) is 0 Å². The van der Waals surface area contributed by atoms with Crippen molar-refractivity contribution in [3.05, 3.63) is 164 Å². The van der Waals surface area contributed by atoms with Crippen molar-refractivity contribution < 1.29 is 4.42 Å². The fourth-order valence-corrected chi connectivity index (χ4v) is 6.86. The summed E-state index contributed by atoms with van der Waals surface area (Å²) in [7, 11) is 0. The maximum Gasteiger partial charge on any atom is 0.136 e. The molecule has 1 nitrogen and oxygen atoms in total. The molecular formula is C43H30O. The van der Waals surface area contributed by atoms with Gasteiger partial charge in [-0.25, -0.2) is 0 Å². The van der Waals surface area contributed by atoms with Crippen LogP contribution in [0.1, 0.15) is 12.5 Å². The molecule has 0 aliphatic heterocycles. The molecular weight excluding hydrogens is 532 g/mol.